The quantitative estimate of drug-likeness (QED) is 0.172. The van der Waals surface area contributed by atoms with E-state index in [0.717, 1.165) is 30.4 Å². The number of benzene rings is 3. The van der Waals surface area contributed by atoms with Gasteiger partial charge in [-0.25, -0.2) is 14.4 Å². The number of amides is 3. The molecule has 2 N–H and O–H groups in total. The zero-order valence-electron chi connectivity index (χ0n) is 27.7. The molecule has 1 aliphatic rings. The highest BCUT2D eigenvalue weighted by atomic mass is 127. The largest absolute Gasteiger partial charge is 0.445 e. The molecule has 1 fully saturated rings. The van der Waals surface area contributed by atoms with Crippen molar-refractivity contribution in [2.75, 3.05) is 11.9 Å². The molecular weight excluding hydrogens is 737 g/mol. The van der Waals surface area contributed by atoms with Crippen molar-refractivity contribution in [1.29, 1.82) is 0 Å². The number of nitrogens with one attached hydrogen (secondary N) is 2. The van der Waals surface area contributed by atoms with Crippen molar-refractivity contribution in [2.24, 2.45) is 0 Å². The minimum atomic E-state index is -0.612. The number of ether oxygens (including phenoxy) is 2. The second-order valence-corrected chi connectivity index (χ2v) is 13.9. The van der Waals surface area contributed by atoms with Gasteiger partial charge in [-0.2, -0.15) is 4.98 Å². The van der Waals surface area contributed by atoms with Crippen molar-refractivity contribution < 1.29 is 23.9 Å². The van der Waals surface area contributed by atoms with E-state index >= 15 is 0 Å². The number of aromatic nitrogens is 2. The van der Waals surface area contributed by atoms with Gasteiger partial charge in [0.25, 0.3) is 5.91 Å². The van der Waals surface area contributed by atoms with Crippen molar-refractivity contribution >= 4 is 46.5 Å². The molecule has 3 aromatic carbocycles. The van der Waals surface area contributed by atoms with Crippen LogP contribution in [0.25, 0.3) is 5.69 Å². The normalized spacial score (nSPS) is 16.0. The highest BCUT2D eigenvalue weighted by molar-refractivity contribution is 14.1. The molecule has 0 unspecified atom stereocenters. The Bertz CT molecular complexity index is 1810. The Morgan fingerprint density at radius 1 is 0.939 bits per heavy atom. The van der Waals surface area contributed by atoms with Crippen LogP contribution in [0.5, 0.6) is 0 Å². The summed E-state index contributed by atoms with van der Waals surface area (Å²) in [5.74, 6) is -0.169. The van der Waals surface area contributed by atoms with Crippen LogP contribution in [0.15, 0.2) is 95.9 Å². The van der Waals surface area contributed by atoms with E-state index in [2.05, 4.69) is 15.6 Å². The molecule has 11 nitrogen and oxygen atoms in total. The number of hydrogen-bond acceptors (Lipinski definition) is 7. The van der Waals surface area contributed by atoms with E-state index in [4.69, 9.17) is 9.47 Å². The van der Waals surface area contributed by atoms with Gasteiger partial charge in [-0.1, -0.05) is 60.7 Å². The predicted molar refractivity (Wildman–Crippen MR) is 195 cm³/mol. The summed E-state index contributed by atoms with van der Waals surface area (Å²) < 4.78 is 13.2. The van der Waals surface area contributed by atoms with E-state index in [1.54, 1.807) is 35.4 Å². The maximum Gasteiger partial charge on any atom is 0.410 e. The fraction of sp³-hybridized carbons (Fsp3) is 0.324. The fourth-order valence-electron chi connectivity index (χ4n) is 5.75. The van der Waals surface area contributed by atoms with Gasteiger partial charge in [0.05, 0.1) is 15.3 Å². The van der Waals surface area contributed by atoms with Crippen LogP contribution in [0.4, 0.5) is 15.4 Å². The monoisotopic (exact) mass is 777 g/mol. The van der Waals surface area contributed by atoms with E-state index in [1.165, 1.54) is 4.57 Å². The first-order valence-electron chi connectivity index (χ1n) is 16.2. The van der Waals surface area contributed by atoms with E-state index in [-0.39, 0.29) is 30.4 Å². The molecule has 1 saturated heterocycles. The summed E-state index contributed by atoms with van der Waals surface area (Å²) in [6.45, 7) is 5.90. The van der Waals surface area contributed by atoms with Crippen LogP contribution in [-0.2, 0) is 16.1 Å². The number of likely N-dealkylation sites (tertiary alicyclic amines) is 1. The van der Waals surface area contributed by atoms with Gasteiger partial charge in [0.1, 0.15) is 12.2 Å². The summed E-state index contributed by atoms with van der Waals surface area (Å²) in [5, 5.41) is 5.53. The maximum absolute atomic E-state index is 13.7. The first kappa shape index (κ1) is 35.6. The molecule has 256 valence electrons. The third kappa shape index (κ3) is 9.68. The number of rotatable bonds is 9. The number of anilines is 1. The van der Waals surface area contributed by atoms with Crippen LogP contribution >= 0.6 is 22.6 Å². The smallest absolute Gasteiger partial charge is 0.410 e. The van der Waals surface area contributed by atoms with Gasteiger partial charge in [-0.15, -0.1) is 0 Å². The number of piperidine rings is 1. The maximum atomic E-state index is 13.7. The Kier molecular flexibility index (Phi) is 11.7. The SMILES string of the molecule is CC(C)(C)OC(=O)NCC[C@@H]1CCC[C@@H](c2ccc(-n3cc(I)c(NC(=O)c4ccccc4)nc3=O)cc2)N1C(=O)OCc1ccccc1. The molecule has 1 aromatic heterocycles. The van der Waals surface area contributed by atoms with E-state index in [1.807, 2.05) is 104 Å². The highest BCUT2D eigenvalue weighted by Crippen LogP contribution is 2.36. The van der Waals surface area contributed by atoms with E-state index in [0.29, 0.717) is 27.8 Å². The molecule has 49 heavy (non-hydrogen) atoms. The van der Waals surface area contributed by atoms with E-state index < -0.39 is 23.5 Å². The first-order valence-corrected chi connectivity index (χ1v) is 17.3. The van der Waals surface area contributed by atoms with Crippen molar-refractivity contribution in [1.82, 2.24) is 19.8 Å². The predicted octanol–water partition coefficient (Wildman–Crippen LogP) is 7.24. The first-order chi connectivity index (χ1) is 23.5. The van der Waals surface area contributed by atoms with Gasteiger partial charge < -0.3 is 20.1 Å². The van der Waals surface area contributed by atoms with Gasteiger partial charge >= 0.3 is 17.9 Å². The van der Waals surface area contributed by atoms with Gasteiger partial charge in [0.2, 0.25) is 0 Å². The fourth-order valence-corrected chi connectivity index (χ4v) is 6.28. The second kappa shape index (κ2) is 16.1. The summed E-state index contributed by atoms with van der Waals surface area (Å²) in [4.78, 5) is 57.7. The molecule has 0 spiro atoms. The topological polar surface area (TPSA) is 132 Å². The molecule has 2 heterocycles. The summed E-state index contributed by atoms with van der Waals surface area (Å²) in [7, 11) is 0. The van der Waals surface area contributed by atoms with Gasteiger partial charge in [0.15, 0.2) is 5.82 Å². The van der Waals surface area contributed by atoms with Crippen molar-refractivity contribution in [3.8, 4) is 5.69 Å². The molecule has 0 radical (unpaired) electrons. The molecule has 4 aromatic rings. The van der Waals surface area contributed by atoms with Crippen molar-refractivity contribution in [3.63, 3.8) is 0 Å². The minimum absolute atomic E-state index is 0.140. The van der Waals surface area contributed by atoms with Crippen LogP contribution in [0, 0.1) is 3.57 Å². The van der Waals surface area contributed by atoms with Crippen LogP contribution in [0.1, 0.15) is 74.0 Å². The van der Waals surface area contributed by atoms with Crippen molar-refractivity contribution in [2.45, 2.75) is 70.7 Å². The number of hydrogen-bond donors (Lipinski definition) is 2. The molecule has 0 bridgehead atoms. The van der Waals surface area contributed by atoms with Gasteiger partial charge in [-0.05, 0) is 104 Å². The number of nitrogens with zero attached hydrogens (tertiary/aromatic N) is 3. The molecule has 3 amide bonds. The molecule has 5 rings (SSSR count). The Morgan fingerprint density at radius 2 is 1.61 bits per heavy atom. The Balaban J connectivity index is 1.33. The standard InChI is InChI=1S/C37H40IN5O6/c1-37(2,3)49-35(46)39-22-21-29-15-10-16-31(43(29)36(47)48-24-25-11-6-4-7-12-25)26-17-19-28(20-18-26)42-23-30(38)32(41-34(42)45)40-33(44)27-13-8-5-9-14-27/h4-9,11-14,17-20,23,29,31H,10,15-16,21-22,24H2,1-3H3,(H,39,46)(H,40,41,44,45)/t29-,31-/m0/s1. The zero-order valence-corrected chi connectivity index (χ0v) is 29.9. The molecular formula is C37H40IN5O6. The molecule has 2 atom stereocenters. The number of carbonyl (C=O) groups excluding carboxylic acids is 3. The van der Waals surface area contributed by atoms with E-state index in [9.17, 15) is 19.2 Å². The average molecular weight is 778 g/mol. The Hall–Kier alpha value is -4.72. The molecule has 1 aliphatic heterocycles. The lowest BCUT2D eigenvalue weighted by Crippen LogP contribution is -2.47. The number of halogens is 1. The second-order valence-electron chi connectivity index (χ2n) is 12.8. The van der Waals surface area contributed by atoms with Crippen LogP contribution in [0.3, 0.4) is 0 Å². The number of carbonyl (C=O) groups is 3. The lowest BCUT2D eigenvalue weighted by molar-refractivity contribution is 0.0369. The van der Waals surface area contributed by atoms with Crippen molar-refractivity contribution in [3.05, 3.63) is 122 Å². The third-order valence-electron chi connectivity index (χ3n) is 8.01. The third-order valence-corrected chi connectivity index (χ3v) is 8.80. The lowest BCUT2D eigenvalue weighted by Gasteiger charge is -2.42. The van der Waals surface area contributed by atoms with Gasteiger partial charge in [0, 0.05) is 24.3 Å². The summed E-state index contributed by atoms with van der Waals surface area (Å²) in [6, 6.07) is 25.2. The lowest BCUT2D eigenvalue weighted by atomic mass is 9.89. The minimum Gasteiger partial charge on any atom is -0.445 e. The average Bonchev–Trinajstić information content (AvgIpc) is 3.08. The summed E-state index contributed by atoms with van der Waals surface area (Å²) in [6.07, 6.45) is 3.60. The Morgan fingerprint density at radius 3 is 2.29 bits per heavy atom. The molecule has 0 saturated carbocycles. The Labute approximate surface area is 299 Å². The van der Waals surface area contributed by atoms with Crippen LogP contribution in [-0.4, -0.2) is 50.7 Å². The molecule has 0 aliphatic carbocycles. The number of alkyl carbamates (subject to hydrolysis) is 1. The molecule has 12 heteroatoms. The highest BCUT2D eigenvalue weighted by Gasteiger charge is 2.36. The van der Waals surface area contributed by atoms with Crippen LogP contribution in [0.2, 0.25) is 0 Å². The summed E-state index contributed by atoms with van der Waals surface area (Å²) in [5.41, 5.74) is 1.68. The zero-order chi connectivity index (χ0) is 35.0. The van der Waals surface area contributed by atoms with Crippen LogP contribution < -0.4 is 16.3 Å². The van der Waals surface area contributed by atoms with Gasteiger partial charge in [-0.3, -0.25) is 14.3 Å². The summed E-state index contributed by atoms with van der Waals surface area (Å²) >= 11 is 2.04.